The Kier molecular flexibility index (Phi) is 6.06. The molecule has 0 fully saturated rings. The van der Waals surface area contributed by atoms with Gasteiger partial charge < -0.3 is 5.41 Å². The molecule has 17 heavy (non-hydrogen) atoms. The van der Waals surface area contributed by atoms with Crippen molar-refractivity contribution in [1.29, 1.82) is 5.41 Å². The van der Waals surface area contributed by atoms with Crippen LogP contribution in [0.4, 0.5) is 0 Å². The van der Waals surface area contributed by atoms with Crippen molar-refractivity contribution in [3.63, 3.8) is 0 Å². The lowest BCUT2D eigenvalue weighted by Gasteiger charge is -2.07. The van der Waals surface area contributed by atoms with Crippen molar-refractivity contribution >= 4 is 17.5 Å². The van der Waals surface area contributed by atoms with E-state index in [-0.39, 0.29) is 0 Å². The molecule has 0 amide bonds. The number of benzene rings is 1. The van der Waals surface area contributed by atoms with Crippen molar-refractivity contribution in [2.24, 2.45) is 0 Å². The van der Waals surface area contributed by atoms with Crippen LogP contribution in [0.15, 0.2) is 40.8 Å². The van der Waals surface area contributed by atoms with Crippen molar-refractivity contribution in [2.75, 3.05) is 5.75 Å². The summed E-state index contributed by atoms with van der Waals surface area (Å²) in [7, 11) is 0. The molecule has 0 unspecified atom stereocenters. The van der Waals surface area contributed by atoms with E-state index in [4.69, 9.17) is 5.41 Å². The summed E-state index contributed by atoms with van der Waals surface area (Å²) in [6.45, 7) is 6.27. The van der Waals surface area contributed by atoms with E-state index in [0.717, 1.165) is 12.2 Å². The van der Waals surface area contributed by atoms with E-state index in [9.17, 15) is 0 Å². The van der Waals surface area contributed by atoms with E-state index >= 15 is 0 Å². The van der Waals surface area contributed by atoms with Crippen molar-refractivity contribution in [3.8, 4) is 0 Å². The Hall–Kier alpha value is -1.02. The fourth-order valence-corrected chi connectivity index (χ4v) is 2.59. The highest BCUT2D eigenvalue weighted by Crippen LogP contribution is 2.23. The van der Waals surface area contributed by atoms with Gasteiger partial charge in [-0.15, -0.1) is 11.8 Å². The zero-order valence-corrected chi connectivity index (χ0v) is 11.7. The van der Waals surface area contributed by atoms with Crippen LogP contribution in [0.25, 0.3) is 0 Å². The summed E-state index contributed by atoms with van der Waals surface area (Å²) in [5.41, 5.74) is 3.30. The Bertz CT molecular complexity index is 403. The molecule has 0 radical (unpaired) electrons. The molecule has 1 rings (SSSR count). The maximum atomic E-state index is 7.84. The number of hydrogen-bond donors (Lipinski definition) is 1. The predicted molar refractivity (Wildman–Crippen MR) is 78.3 cm³/mol. The number of allylic oxidation sites excluding steroid dienone is 2. The third-order valence-electron chi connectivity index (χ3n) is 2.34. The van der Waals surface area contributed by atoms with Crippen LogP contribution in [0, 0.1) is 5.41 Å². The molecule has 1 nitrogen and oxygen atoms in total. The fraction of sp³-hybridized carbons (Fsp3) is 0.400. The summed E-state index contributed by atoms with van der Waals surface area (Å²) in [5.74, 6) is 0.756. The second-order valence-corrected chi connectivity index (χ2v) is 5.41. The monoisotopic (exact) mass is 247 g/mol. The van der Waals surface area contributed by atoms with Crippen molar-refractivity contribution in [2.45, 2.75) is 38.5 Å². The number of hydrogen-bond acceptors (Lipinski definition) is 2. The van der Waals surface area contributed by atoms with Gasteiger partial charge in [0, 0.05) is 16.4 Å². The zero-order chi connectivity index (χ0) is 12.7. The molecule has 0 aliphatic carbocycles. The van der Waals surface area contributed by atoms with Crippen LogP contribution in [0.5, 0.6) is 0 Å². The van der Waals surface area contributed by atoms with Crippen LogP contribution in [-0.4, -0.2) is 11.5 Å². The van der Waals surface area contributed by atoms with Gasteiger partial charge in [-0.3, -0.25) is 0 Å². The summed E-state index contributed by atoms with van der Waals surface area (Å²) in [4.78, 5) is 1.32. The third kappa shape index (κ3) is 5.22. The molecule has 0 bridgehead atoms. The molecular weight excluding hydrogens is 226 g/mol. The largest absolute Gasteiger partial charge is 0.304 e. The minimum Gasteiger partial charge on any atom is -0.304 e. The fourth-order valence-electron chi connectivity index (χ4n) is 1.67. The van der Waals surface area contributed by atoms with Crippen LogP contribution in [-0.2, 0) is 6.42 Å². The molecule has 0 aromatic heterocycles. The van der Waals surface area contributed by atoms with Crippen molar-refractivity contribution < 1.29 is 0 Å². The Morgan fingerprint density at radius 2 is 2.00 bits per heavy atom. The Balaban J connectivity index is 2.62. The maximum Gasteiger partial charge on any atom is 0.0415 e. The first-order valence-electron chi connectivity index (χ1n) is 6.06. The van der Waals surface area contributed by atoms with Gasteiger partial charge >= 0.3 is 0 Å². The van der Waals surface area contributed by atoms with Crippen LogP contribution in [0.3, 0.4) is 0 Å². The molecule has 1 aromatic carbocycles. The second-order valence-electron chi connectivity index (χ2n) is 4.39. The normalized spacial score (nSPS) is 10.1. The molecule has 0 saturated carbocycles. The van der Waals surface area contributed by atoms with Gasteiger partial charge in [0.15, 0.2) is 0 Å². The van der Waals surface area contributed by atoms with Gasteiger partial charge in [-0.2, -0.15) is 0 Å². The minimum absolute atomic E-state index is 0.696. The van der Waals surface area contributed by atoms with Crippen molar-refractivity contribution in [1.82, 2.24) is 0 Å². The number of rotatable bonds is 6. The predicted octanol–water partition coefficient (Wildman–Crippen LogP) is 4.72. The smallest absolute Gasteiger partial charge is 0.0415 e. The Morgan fingerprint density at radius 1 is 1.29 bits per heavy atom. The van der Waals surface area contributed by atoms with Gasteiger partial charge in [-0.25, -0.2) is 0 Å². The Labute approximate surface area is 109 Å². The van der Waals surface area contributed by atoms with E-state index in [0.29, 0.717) is 5.71 Å². The van der Waals surface area contributed by atoms with Gasteiger partial charge in [0.1, 0.15) is 0 Å². The third-order valence-corrected chi connectivity index (χ3v) is 3.50. The van der Waals surface area contributed by atoms with Crippen LogP contribution in [0.1, 0.15) is 32.8 Å². The number of aryl methyl sites for hydroxylation is 1. The molecule has 0 atom stereocenters. The van der Waals surface area contributed by atoms with E-state index in [1.165, 1.54) is 22.5 Å². The molecule has 1 aromatic rings. The molecular formula is C15H21NS. The molecule has 0 aliphatic heterocycles. The summed E-state index contributed by atoms with van der Waals surface area (Å²) in [5, 5.41) is 7.84. The number of nitrogens with one attached hydrogen (secondary N) is 1. The highest BCUT2D eigenvalue weighted by atomic mass is 32.2. The Morgan fingerprint density at radius 3 is 2.65 bits per heavy atom. The molecule has 0 heterocycles. The van der Waals surface area contributed by atoms with Gasteiger partial charge in [-0.05, 0) is 38.0 Å². The standard InChI is InChI=1S/C15H21NS/c1-4-7-13-8-5-6-9-15(13)17-11-14(16)10-12(2)3/h5-6,8-10,16H,4,7,11H2,1-3H3. The lowest BCUT2D eigenvalue weighted by atomic mass is 10.1. The highest BCUT2D eigenvalue weighted by Gasteiger charge is 2.02. The quantitative estimate of drug-likeness (QED) is 0.571. The SMILES string of the molecule is CCCc1ccccc1SCC(=N)C=C(C)C. The maximum absolute atomic E-state index is 7.84. The van der Waals surface area contributed by atoms with Crippen molar-refractivity contribution in [3.05, 3.63) is 41.5 Å². The average molecular weight is 247 g/mol. The van der Waals surface area contributed by atoms with Crippen LogP contribution < -0.4 is 0 Å². The van der Waals surface area contributed by atoms with Gasteiger partial charge in [0.05, 0.1) is 0 Å². The molecule has 0 aliphatic rings. The zero-order valence-electron chi connectivity index (χ0n) is 10.9. The first kappa shape index (κ1) is 14.0. The molecule has 0 saturated heterocycles. The van der Waals surface area contributed by atoms with E-state index in [1.54, 1.807) is 11.8 Å². The first-order chi connectivity index (χ1) is 8.13. The molecule has 2 heteroatoms. The summed E-state index contributed by atoms with van der Waals surface area (Å²) < 4.78 is 0. The summed E-state index contributed by atoms with van der Waals surface area (Å²) in [6, 6.07) is 8.52. The number of thioether (sulfide) groups is 1. The lowest BCUT2D eigenvalue weighted by molar-refractivity contribution is 0.901. The lowest BCUT2D eigenvalue weighted by Crippen LogP contribution is -1.97. The van der Waals surface area contributed by atoms with Gasteiger partial charge in [-0.1, -0.05) is 37.1 Å². The average Bonchev–Trinajstić information content (AvgIpc) is 2.27. The van der Waals surface area contributed by atoms with E-state index < -0.39 is 0 Å². The van der Waals surface area contributed by atoms with Crippen LogP contribution in [0.2, 0.25) is 0 Å². The second kappa shape index (κ2) is 7.33. The minimum atomic E-state index is 0.696. The van der Waals surface area contributed by atoms with Crippen LogP contribution >= 0.6 is 11.8 Å². The van der Waals surface area contributed by atoms with Gasteiger partial charge in [0.2, 0.25) is 0 Å². The topological polar surface area (TPSA) is 23.9 Å². The highest BCUT2D eigenvalue weighted by molar-refractivity contribution is 8.00. The molecule has 92 valence electrons. The first-order valence-corrected chi connectivity index (χ1v) is 7.05. The van der Waals surface area contributed by atoms with E-state index in [2.05, 4.69) is 31.2 Å². The summed E-state index contributed by atoms with van der Waals surface area (Å²) in [6.07, 6.45) is 4.23. The molecule has 0 spiro atoms. The van der Waals surface area contributed by atoms with E-state index in [1.807, 2.05) is 19.9 Å². The van der Waals surface area contributed by atoms with Gasteiger partial charge in [0.25, 0.3) is 0 Å². The summed E-state index contributed by atoms with van der Waals surface area (Å²) >= 11 is 1.77. The molecule has 1 N–H and O–H groups in total.